The van der Waals surface area contributed by atoms with Crippen LogP contribution in [-0.4, -0.2) is 47.4 Å². The number of esters is 1. The van der Waals surface area contributed by atoms with E-state index in [2.05, 4.69) is 67.8 Å². The van der Waals surface area contributed by atoms with E-state index in [1.54, 1.807) is 6.08 Å². The predicted molar refractivity (Wildman–Crippen MR) is 315 cm³/mol. The lowest BCUT2D eigenvalue weighted by atomic mass is 10.0. The number of carbonyl (C=O) groups excluding carboxylic acids is 2. The van der Waals surface area contributed by atoms with Gasteiger partial charge in [0.1, 0.15) is 0 Å². The van der Waals surface area contributed by atoms with Gasteiger partial charge in [0.05, 0.1) is 25.4 Å². The second-order valence-corrected chi connectivity index (χ2v) is 21.4. The highest BCUT2D eigenvalue weighted by molar-refractivity contribution is 5.76. The summed E-state index contributed by atoms with van der Waals surface area (Å²) < 4.78 is 5.40. The molecular formula is C66H121NO5. The molecule has 0 aliphatic rings. The molecule has 6 heteroatoms. The molecule has 420 valence electrons. The van der Waals surface area contributed by atoms with Gasteiger partial charge in [-0.3, -0.25) is 9.59 Å². The third kappa shape index (κ3) is 56.8. The van der Waals surface area contributed by atoms with Gasteiger partial charge in [-0.25, -0.2) is 0 Å². The first-order chi connectivity index (χ1) is 35.5. The van der Waals surface area contributed by atoms with Crippen molar-refractivity contribution < 1.29 is 24.5 Å². The first kappa shape index (κ1) is 69.6. The lowest BCUT2D eigenvalue weighted by Crippen LogP contribution is -2.45. The van der Waals surface area contributed by atoms with Crippen molar-refractivity contribution >= 4 is 11.9 Å². The minimum absolute atomic E-state index is 0.0516. The minimum Gasteiger partial charge on any atom is -0.465 e. The summed E-state index contributed by atoms with van der Waals surface area (Å²) in [5.41, 5.74) is 0. The van der Waals surface area contributed by atoms with Crippen molar-refractivity contribution in [1.29, 1.82) is 0 Å². The smallest absolute Gasteiger partial charge is 0.305 e. The van der Waals surface area contributed by atoms with E-state index < -0.39 is 12.1 Å². The Hall–Kier alpha value is -2.44. The van der Waals surface area contributed by atoms with Crippen LogP contribution in [0.3, 0.4) is 0 Å². The van der Waals surface area contributed by atoms with Crippen molar-refractivity contribution in [1.82, 2.24) is 5.32 Å². The lowest BCUT2D eigenvalue weighted by Gasteiger charge is -2.20. The van der Waals surface area contributed by atoms with Crippen LogP contribution in [0.15, 0.2) is 60.8 Å². The molecule has 0 saturated carbocycles. The Morgan fingerprint density at radius 3 is 1.11 bits per heavy atom. The van der Waals surface area contributed by atoms with E-state index in [4.69, 9.17) is 4.74 Å². The van der Waals surface area contributed by atoms with E-state index in [1.807, 2.05) is 6.08 Å². The van der Waals surface area contributed by atoms with Gasteiger partial charge < -0.3 is 20.3 Å². The Bertz CT molecular complexity index is 1250. The molecular weight excluding hydrogens is 887 g/mol. The predicted octanol–water partition coefficient (Wildman–Crippen LogP) is 19.9. The molecule has 0 spiro atoms. The maximum absolute atomic E-state index is 12.5. The highest BCUT2D eigenvalue weighted by Crippen LogP contribution is 2.17. The summed E-state index contributed by atoms with van der Waals surface area (Å²) in [6, 6.07) is -0.634. The molecule has 72 heavy (non-hydrogen) atoms. The summed E-state index contributed by atoms with van der Waals surface area (Å²) in [6.45, 7) is 4.74. The molecule has 0 aliphatic carbocycles. The Labute approximate surface area is 448 Å². The summed E-state index contributed by atoms with van der Waals surface area (Å²) in [7, 11) is 0. The fourth-order valence-electron chi connectivity index (χ4n) is 9.45. The van der Waals surface area contributed by atoms with E-state index in [9.17, 15) is 19.8 Å². The number of aliphatic hydroxyl groups excluding tert-OH is 2. The van der Waals surface area contributed by atoms with Crippen molar-refractivity contribution in [3.63, 3.8) is 0 Å². The van der Waals surface area contributed by atoms with Gasteiger partial charge in [-0.15, -0.1) is 0 Å². The fourth-order valence-corrected chi connectivity index (χ4v) is 9.45. The molecule has 1 amide bonds. The highest BCUT2D eigenvalue weighted by Gasteiger charge is 2.18. The maximum Gasteiger partial charge on any atom is 0.305 e. The Morgan fingerprint density at radius 1 is 0.389 bits per heavy atom. The van der Waals surface area contributed by atoms with Crippen molar-refractivity contribution in [3.8, 4) is 0 Å². The quantitative estimate of drug-likeness (QED) is 0.0320. The van der Waals surface area contributed by atoms with E-state index in [1.165, 1.54) is 231 Å². The number of hydrogen-bond donors (Lipinski definition) is 3. The van der Waals surface area contributed by atoms with Gasteiger partial charge in [0.2, 0.25) is 5.91 Å². The molecule has 0 aliphatic heterocycles. The van der Waals surface area contributed by atoms with Crippen LogP contribution in [0.4, 0.5) is 0 Å². The number of hydrogen-bond acceptors (Lipinski definition) is 5. The first-order valence-corrected chi connectivity index (χ1v) is 31.6. The zero-order chi connectivity index (χ0) is 52.2. The molecule has 0 aromatic heterocycles. The lowest BCUT2D eigenvalue weighted by molar-refractivity contribution is -0.143. The summed E-state index contributed by atoms with van der Waals surface area (Å²) in [5.74, 6) is -0.123. The van der Waals surface area contributed by atoms with Crippen molar-refractivity contribution in [2.24, 2.45) is 0 Å². The molecule has 0 radical (unpaired) electrons. The molecule has 0 aromatic rings. The van der Waals surface area contributed by atoms with Gasteiger partial charge >= 0.3 is 5.97 Å². The van der Waals surface area contributed by atoms with Gasteiger partial charge in [-0.1, -0.05) is 293 Å². The van der Waals surface area contributed by atoms with Crippen LogP contribution in [0.1, 0.15) is 322 Å². The third-order valence-corrected chi connectivity index (χ3v) is 14.3. The standard InChI is InChI=1S/C66H121NO5/c1-3-5-7-9-11-13-15-17-18-19-20-22-25-28-31-35-38-42-46-50-54-58-64(69)63(62-68)67-65(70)59-55-51-47-43-39-36-32-29-26-23-21-24-27-30-33-37-41-45-49-53-57-61-72-66(71)60-56-52-48-44-40-34-16-14-12-10-8-6-4-2/h8,10,14,16,37,41,49,53-54,58,63-64,68-69H,3-7,9,11-13,15,17-36,38-40,42-48,50-52,55-57,59-62H2,1-2H3,(H,67,70)/b10-8-,16-14-,41-37-,53-49-,58-54+. The largest absolute Gasteiger partial charge is 0.465 e. The van der Waals surface area contributed by atoms with Crippen molar-refractivity contribution in [2.75, 3.05) is 13.2 Å². The number of carbonyl (C=O) groups is 2. The number of ether oxygens (including phenoxy) is 1. The minimum atomic E-state index is -0.850. The molecule has 0 heterocycles. The Balaban J connectivity index is 3.50. The number of rotatable bonds is 58. The zero-order valence-electron chi connectivity index (χ0n) is 47.9. The summed E-state index contributed by atoms with van der Waals surface area (Å²) >= 11 is 0. The monoisotopic (exact) mass is 1010 g/mol. The van der Waals surface area contributed by atoms with Crippen LogP contribution in [0.25, 0.3) is 0 Å². The first-order valence-electron chi connectivity index (χ1n) is 31.6. The van der Waals surface area contributed by atoms with Gasteiger partial charge in [0.15, 0.2) is 0 Å². The van der Waals surface area contributed by atoms with Crippen LogP contribution >= 0.6 is 0 Å². The number of amides is 1. The second-order valence-electron chi connectivity index (χ2n) is 21.4. The van der Waals surface area contributed by atoms with Crippen LogP contribution < -0.4 is 5.32 Å². The SMILES string of the molecule is CCC/C=C\C/C=C\CCCCCCCC(=O)OCC/C=C\C/C=C\CCCCCCCCCCCCCCCCC(=O)NC(CO)C(O)/C=C/CCCCCCCCCCCCCCCCCCCCC. The molecule has 3 N–H and O–H groups in total. The summed E-state index contributed by atoms with van der Waals surface area (Å²) in [4.78, 5) is 24.5. The van der Waals surface area contributed by atoms with Crippen LogP contribution in [0.2, 0.25) is 0 Å². The van der Waals surface area contributed by atoms with Crippen LogP contribution in [0.5, 0.6) is 0 Å². The molecule has 6 nitrogen and oxygen atoms in total. The maximum atomic E-state index is 12.5. The zero-order valence-corrected chi connectivity index (χ0v) is 47.9. The molecule has 0 fully saturated rings. The number of aliphatic hydroxyl groups is 2. The molecule has 2 unspecified atom stereocenters. The van der Waals surface area contributed by atoms with Gasteiger partial charge in [-0.05, 0) is 77.0 Å². The van der Waals surface area contributed by atoms with E-state index >= 15 is 0 Å². The fraction of sp³-hybridized carbons (Fsp3) is 0.818. The average molecular weight is 1010 g/mol. The van der Waals surface area contributed by atoms with Gasteiger partial charge in [-0.2, -0.15) is 0 Å². The normalized spacial score (nSPS) is 13.0. The van der Waals surface area contributed by atoms with Crippen molar-refractivity contribution in [3.05, 3.63) is 60.8 Å². The Kier molecular flexibility index (Phi) is 59.0. The molecule has 2 atom stereocenters. The van der Waals surface area contributed by atoms with E-state index in [0.717, 1.165) is 64.2 Å². The molecule has 0 saturated heterocycles. The van der Waals surface area contributed by atoms with Gasteiger partial charge in [0.25, 0.3) is 0 Å². The van der Waals surface area contributed by atoms with Crippen molar-refractivity contribution in [2.45, 2.75) is 334 Å². The highest BCUT2D eigenvalue weighted by atomic mass is 16.5. The van der Waals surface area contributed by atoms with Gasteiger partial charge in [0, 0.05) is 12.8 Å². The average Bonchev–Trinajstić information content (AvgIpc) is 3.38. The third-order valence-electron chi connectivity index (χ3n) is 14.3. The van der Waals surface area contributed by atoms with E-state index in [0.29, 0.717) is 19.4 Å². The van der Waals surface area contributed by atoms with E-state index in [-0.39, 0.29) is 18.5 Å². The Morgan fingerprint density at radius 2 is 0.722 bits per heavy atom. The van der Waals surface area contributed by atoms with Crippen LogP contribution in [0, 0.1) is 0 Å². The molecule has 0 bridgehead atoms. The van der Waals surface area contributed by atoms with Crippen LogP contribution in [-0.2, 0) is 14.3 Å². The number of allylic oxidation sites excluding steroid dienone is 8. The summed E-state index contributed by atoms with van der Waals surface area (Å²) in [5, 5.41) is 23.2. The number of nitrogens with one attached hydrogen (secondary N) is 1. The number of unbranched alkanes of at least 4 members (excludes halogenated alkanes) is 39. The summed E-state index contributed by atoms with van der Waals surface area (Å²) in [6.07, 6.45) is 79.9. The second kappa shape index (κ2) is 61.1. The topological polar surface area (TPSA) is 95.9 Å². The molecule has 0 rings (SSSR count). The molecule has 0 aromatic carbocycles.